The first-order valence-electron chi connectivity index (χ1n) is 28.2. The average molecular weight is 1270 g/mol. The van der Waals surface area contributed by atoms with Crippen molar-refractivity contribution in [1.29, 1.82) is 0 Å². The molecule has 0 amide bonds. The fourth-order valence-corrected chi connectivity index (χ4v) is 12.8. The van der Waals surface area contributed by atoms with Gasteiger partial charge in [0.2, 0.25) is 0 Å². The Morgan fingerprint density at radius 3 is 1.41 bits per heavy atom. The summed E-state index contributed by atoms with van der Waals surface area (Å²) in [5.74, 6) is -9.07. The van der Waals surface area contributed by atoms with Gasteiger partial charge in [0.25, 0.3) is 0 Å². The summed E-state index contributed by atoms with van der Waals surface area (Å²) in [7, 11) is 0. The summed E-state index contributed by atoms with van der Waals surface area (Å²) < 4.78 is 44.3. The third kappa shape index (κ3) is 13.2. The number of allylic oxidation sites excluding steroid dienone is 2. The highest BCUT2D eigenvalue weighted by atomic mass is 35.5. The van der Waals surface area contributed by atoms with Crippen molar-refractivity contribution >= 4 is 88.5 Å². The van der Waals surface area contributed by atoms with Crippen LogP contribution in [0.15, 0.2) is 57.7 Å². The normalized spacial score (nSPS) is 34.3. The molecule has 0 spiro atoms. The number of carbonyl (C=O) groups excluding carboxylic acids is 9. The minimum atomic E-state index is -2.45. The summed E-state index contributed by atoms with van der Waals surface area (Å²) in [6, 6.07) is 2.69. The first-order chi connectivity index (χ1) is 39.6. The molecule has 1 aromatic rings. The van der Waals surface area contributed by atoms with Gasteiger partial charge in [-0.05, 0) is 129 Å². The molecule has 2 saturated carbocycles. The average Bonchev–Trinajstić information content (AvgIpc) is 1.55. The van der Waals surface area contributed by atoms with Gasteiger partial charge in [0.15, 0.2) is 34.6 Å². The van der Waals surface area contributed by atoms with Gasteiger partial charge >= 0.3 is 53.7 Å². The number of aliphatic hydroxyl groups excluding tert-OH is 1. The zero-order valence-corrected chi connectivity index (χ0v) is 53.4. The third-order valence-electron chi connectivity index (χ3n) is 17.8. The van der Waals surface area contributed by atoms with Gasteiger partial charge in [0, 0.05) is 54.7 Å². The number of esters is 9. The van der Waals surface area contributed by atoms with Crippen molar-refractivity contribution in [3.8, 4) is 0 Å². The number of hydrogen-bond acceptors (Lipinski definition) is 22. The Balaban J connectivity index is 0.000000249. The Morgan fingerprint density at radius 1 is 0.640 bits per heavy atom. The van der Waals surface area contributed by atoms with Crippen molar-refractivity contribution in [1.82, 2.24) is 0 Å². The zero-order valence-electron chi connectivity index (χ0n) is 51.1. The molecule has 476 valence electrons. The lowest BCUT2D eigenvalue weighted by Gasteiger charge is -2.41. The Kier molecular flexibility index (Phi) is 21.9. The fraction of sp³-hybridized carbons (Fsp3) is 0.623. The molecule has 4 aliphatic carbocycles. The van der Waals surface area contributed by atoms with Crippen molar-refractivity contribution in [3.63, 3.8) is 0 Å². The summed E-state index contributed by atoms with van der Waals surface area (Å²) >= 11 is 17.4. The molecule has 0 radical (unpaired) electrons. The largest absolute Gasteiger partial charge is 0.459 e. The van der Waals surface area contributed by atoms with Gasteiger partial charge in [0.05, 0.1) is 33.5 Å². The molecule has 0 unspecified atom stereocenters. The van der Waals surface area contributed by atoms with Crippen LogP contribution < -0.4 is 0 Å². The predicted octanol–water partition coefficient (Wildman–Crippen LogP) is 7.36. The molecule has 0 aromatic heterocycles. The highest BCUT2D eigenvalue weighted by molar-refractivity contribution is 6.42. The molecule has 2 aliphatic heterocycles. The van der Waals surface area contributed by atoms with Crippen LogP contribution >= 0.6 is 34.8 Å². The Labute approximate surface area is 514 Å². The van der Waals surface area contributed by atoms with E-state index in [0.29, 0.717) is 46.3 Å². The molecular formula is C61H79Cl3O22. The van der Waals surface area contributed by atoms with Gasteiger partial charge in [-0.2, -0.15) is 0 Å². The minimum Gasteiger partial charge on any atom is -0.459 e. The van der Waals surface area contributed by atoms with E-state index in [-0.39, 0.29) is 46.3 Å². The highest BCUT2D eigenvalue weighted by Gasteiger charge is 2.76. The molecule has 2 heterocycles. The topological polar surface area (TPSA) is 329 Å². The number of benzene rings is 1. The van der Waals surface area contributed by atoms with Crippen molar-refractivity contribution in [2.75, 3.05) is 0 Å². The van der Waals surface area contributed by atoms with E-state index in [9.17, 15) is 68.7 Å². The Bertz CT molecular complexity index is 3030. The van der Waals surface area contributed by atoms with Crippen LogP contribution in [0.25, 0.3) is 0 Å². The molecule has 4 fully saturated rings. The van der Waals surface area contributed by atoms with E-state index in [4.69, 9.17) is 68.0 Å². The summed E-state index contributed by atoms with van der Waals surface area (Å²) in [4.78, 5) is 111. The second kappa shape index (κ2) is 26.5. The molecule has 7 rings (SSSR count). The summed E-state index contributed by atoms with van der Waals surface area (Å²) in [5.41, 5.74) is -9.90. The van der Waals surface area contributed by atoms with Crippen LogP contribution in [-0.4, -0.2) is 149 Å². The summed E-state index contributed by atoms with van der Waals surface area (Å²) in [5, 5.41) is 57.1. The number of ether oxygens (including phenoxy) is 8. The first-order valence-corrected chi connectivity index (χ1v) is 29.3. The second-order valence-corrected chi connectivity index (χ2v) is 24.9. The van der Waals surface area contributed by atoms with Gasteiger partial charge in [-0.1, -0.05) is 74.6 Å². The third-order valence-corrected chi connectivity index (χ3v) is 18.6. The van der Waals surface area contributed by atoms with Gasteiger partial charge in [-0.3, -0.25) is 19.2 Å². The van der Waals surface area contributed by atoms with Gasteiger partial charge in [-0.15, -0.1) is 0 Å². The number of fused-ring (bicyclic) bond motifs is 6. The van der Waals surface area contributed by atoms with Crippen molar-refractivity contribution in [2.24, 2.45) is 23.7 Å². The number of hydrogen-bond donors (Lipinski definition) is 5. The van der Waals surface area contributed by atoms with Crippen LogP contribution in [0.4, 0.5) is 0 Å². The lowest BCUT2D eigenvalue weighted by atomic mass is 9.75. The molecule has 22 nitrogen and oxygen atoms in total. The van der Waals surface area contributed by atoms with Crippen LogP contribution in [0, 0.1) is 23.7 Å². The van der Waals surface area contributed by atoms with Crippen LogP contribution in [0.1, 0.15) is 160 Å². The fourth-order valence-electron chi connectivity index (χ4n) is 11.8. The molecule has 5 N–H and O–H groups in total. The van der Waals surface area contributed by atoms with Gasteiger partial charge < -0.3 is 63.4 Å². The van der Waals surface area contributed by atoms with Crippen LogP contribution in [0.5, 0.6) is 0 Å². The standard InChI is InChI=1S/C27H38O10.C22H32O9.C12H9Cl3O3/c1-9-13(3)22(29)34-18-11-17-20(15(18)5)21-27(33,26(8,32)24(31)36-21)19(35-23(30)14(4)10-2)12-25(17,7)37-16(6)28;1-7-10(2)18(25)29-15-9-20(5,31-12(4)23)13-8-14(24)11(3)16(13)17-22(15,28)21(6,27)19(26)30-17;1-3-6(2)11(16)18-12(17)10-8(14)4-7(13)5-9(10)15/h9,14,17-19,21,32-33H,10-12H2,1-8H3;10,13-15,17,24,27-28H,7-9H2,1-6H3;3-5H,1-2H3/b13-9-;;6-3-/t14-,17-,18+,19-,21-,25-,26+,27+;10-,13-,14+,15-,17-,20-,21+,22+;/m00./s1. The molecule has 86 heavy (non-hydrogen) atoms. The van der Waals surface area contributed by atoms with Crippen molar-refractivity contribution in [3.05, 3.63) is 78.4 Å². The van der Waals surface area contributed by atoms with E-state index >= 15 is 0 Å². The van der Waals surface area contributed by atoms with Crippen LogP contribution in [-0.2, 0) is 76.3 Å². The molecule has 1 aromatic carbocycles. The smallest absolute Gasteiger partial charge is 0.349 e. The minimum absolute atomic E-state index is 0.0310. The van der Waals surface area contributed by atoms with Gasteiger partial charge in [0.1, 0.15) is 29.5 Å². The van der Waals surface area contributed by atoms with Crippen molar-refractivity contribution in [2.45, 2.75) is 220 Å². The lowest BCUT2D eigenvalue weighted by Crippen LogP contribution is -2.64. The maximum absolute atomic E-state index is 12.9. The summed E-state index contributed by atoms with van der Waals surface area (Å²) in [6.45, 7) is 24.7. The molecule has 25 heteroatoms. The van der Waals surface area contributed by atoms with Crippen LogP contribution in [0.2, 0.25) is 15.1 Å². The van der Waals surface area contributed by atoms with Gasteiger partial charge in [-0.25, -0.2) is 24.0 Å². The SMILES string of the molecule is C/C=C(/C)C(=O)OC(=O)c1c(Cl)cc(Cl)cc1Cl.C/C=C(/C)C(=O)O[C@@H]1C[C@H]2C(=C1C)[C@@H]1OC(=O)[C@@](C)(O)[C@@]1(O)[C@@H](OC(=O)[C@@H](C)CC)C[C@]2(C)OC(C)=O.CC[C@H](C)C(=O)O[C@H]1C[C@](C)(OC(C)=O)[C@H]2C[C@@H](O)C(C)=C2[C@@H]2OC(=O)[C@@](C)(O)[C@@]12O. The first kappa shape index (κ1) is 71.0. The monoisotopic (exact) mass is 1270 g/mol. The van der Waals surface area contributed by atoms with E-state index in [2.05, 4.69) is 4.74 Å². The van der Waals surface area contributed by atoms with E-state index in [1.54, 1.807) is 82.2 Å². The zero-order chi connectivity index (χ0) is 65.5. The predicted molar refractivity (Wildman–Crippen MR) is 307 cm³/mol. The van der Waals surface area contributed by atoms with E-state index in [1.165, 1.54) is 39.0 Å². The van der Waals surface area contributed by atoms with E-state index in [0.717, 1.165) is 13.8 Å². The molecule has 0 bridgehead atoms. The maximum atomic E-state index is 12.9. The second-order valence-electron chi connectivity index (χ2n) is 23.7. The van der Waals surface area contributed by atoms with E-state index in [1.807, 2.05) is 0 Å². The van der Waals surface area contributed by atoms with E-state index < -0.39 is 148 Å². The van der Waals surface area contributed by atoms with Crippen molar-refractivity contribution < 1.29 is 107 Å². The molecule has 16 atom stereocenters. The molecule has 2 saturated heterocycles. The Morgan fingerprint density at radius 2 is 1.02 bits per heavy atom. The number of halogens is 3. The number of rotatable bonds is 12. The lowest BCUT2D eigenvalue weighted by molar-refractivity contribution is -0.212. The number of carbonyl (C=O) groups is 9. The quantitative estimate of drug-likeness (QED) is 0.0448. The number of aliphatic hydroxyl groups is 5. The molecular weight excluding hydrogens is 1190 g/mol. The Hall–Kier alpha value is -5.72. The van der Waals surface area contributed by atoms with Crippen LogP contribution in [0.3, 0.4) is 0 Å². The molecule has 6 aliphatic rings. The summed E-state index contributed by atoms with van der Waals surface area (Å²) in [6.07, 6.45) is -3.31. The highest BCUT2D eigenvalue weighted by Crippen LogP contribution is 2.59. The maximum Gasteiger partial charge on any atom is 0.349 e.